The van der Waals surface area contributed by atoms with Crippen LogP contribution in [-0.2, 0) is 9.47 Å². The molecule has 0 aromatic rings. The number of hydrogen-bond acceptors (Lipinski definition) is 5. The van der Waals surface area contributed by atoms with Gasteiger partial charge in [-0.05, 0) is 6.92 Å². The van der Waals surface area contributed by atoms with Crippen LogP contribution in [0.4, 0.5) is 0 Å². The number of morpholine rings is 2. The van der Waals surface area contributed by atoms with Crippen LogP contribution in [-0.4, -0.2) is 81.0 Å². The van der Waals surface area contributed by atoms with E-state index >= 15 is 0 Å². The molecule has 0 amide bonds. The minimum absolute atomic E-state index is 0.218. The molecule has 2 N–H and O–H groups in total. The van der Waals surface area contributed by atoms with Crippen LogP contribution < -0.4 is 5.73 Å². The molecular formula is C12H25N3O2. The van der Waals surface area contributed by atoms with Gasteiger partial charge in [-0.25, -0.2) is 0 Å². The van der Waals surface area contributed by atoms with Crippen LogP contribution in [0, 0.1) is 0 Å². The van der Waals surface area contributed by atoms with Gasteiger partial charge in [0.2, 0.25) is 0 Å². The number of rotatable bonds is 4. The fourth-order valence-corrected chi connectivity index (χ4v) is 2.42. The number of hydrogen-bond donors (Lipinski definition) is 1. The van der Waals surface area contributed by atoms with Crippen LogP contribution in [0.25, 0.3) is 0 Å². The average molecular weight is 243 g/mol. The first kappa shape index (κ1) is 13.2. The van der Waals surface area contributed by atoms with Gasteiger partial charge in [-0.3, -0.25) is 9.80 Å². The van der Waals surface area contributed by atoms with E-state index in [1.807, 2.05) is 0 Å². The molecule has 0 radical (unpaired) electrons. The molecular weight excluding hydrogens is 218 g/mol. The van der Waals surface area contributed by atoms with Crippen molar-refractivity contribution in [3.8, 4) is 0 Å². The molecule has 0 saturated carbocycles. The second-order valence-electron chi connectivity index (χ2n) is 4.99. The molecule has 2 saturated heterocycles. The van der Waals surface area contributed by atoms with Gasteiger partial charge < -0.3 is 15.2 Å². The zero-order valence-corrected chi connectivity index (χ0v) is 10.8. The van der Waals surface area contributed by atoms with Gasteiger partial charge in [-0.15, -0.1) is 0 Å². The fraction of sp³-hybridized carbons (Fsp3) is 1.00. The molecule has 5 heteroatoms. The predicted octanol–water partition coefficient (Wildman–Crippen LogP) is -0.633. The summed E-state index contributed by atoms with van der Waals surface area (Å²) in [4.78, 5) is 4.97. The topological polar surface area (TPSA) is 51.0 Å². The van der Waals surface area contributed by atoms with Crippen molar-refractivity contribution in [2.45, 2.75) is 19.1 Å². The first-order chi connectivity index (χ1) is 8.29. The lowest BCUT2D eigenvalue weighted by atomic mass is 10.2. The van der Waals surface area contributed by atoms with Gasteiger partial charge in [0.25, 0.3) is 0 Å². The van der Waals surface area contributed by atoms with Crippen molar-refractivity contribution in [3.05, 3.63) is 0 Å². The maximum Gasteiger partial charge on any atom is 0.0824 e. The lowest BCUT2D eigenvalue weighted by Gasteiger charge is -2.39. The highest BCUT2D eigenvalue weighted by atomic mass is 16.5. The van der Waals surface area contributed by atoms with Gasteiger partial charge in [0.1, 0.15) is 0 Å². The average Bonchev–Trinajstić information content (AvgIpc) is 2.39. The van der Waals surface area contributed by atoms with Gasteiger partial charge in [0, 0.05) is 45.3 Å². The molecule has 5 nitrogen and oxygen atoms in total. The Morgan fingerprint density at radius 3 is 2.71 bits per heavy atom. The minimum atomic E-state index is 0.218. The Kier molecular flexibility index (Phi) is 5.18. The van der Waals surface area contributed by atoms with Crippen LogP contribution in [0.5, 0.6) is 0 Å². The Morgan fingerprint density at radius 2 is 2.00 bits per heavy atom. The highest BCUT2D eigenvalue weighted by Crippen LogP contribution is 2.11. The van der Waals surface area contributed by atoms with Crippen molar-refractivity contribution >= 4 is 0 Å². The summed E-state index contributed by atoms with van der Waals surface area (Å²) in [6.45, 7) is 10.8. The normalized spacial score (nSPS) is 32.8. The van der Waals surface area contributed by atoms with Gasteiger partial charge in [-0.1, -0.05) is 0 Å². The Labute approximate surface area is 104 Å². The number of nitrogens with zero attached hydrogens (tertiary/aromatic N) is 2. The summed E-state index contributed by atoms with van der Waals surface area (Å²) in [6, 6.07) is 0.513. The Bertz CT molecular complexity index is 222. The molecule has 2 rings (SSSR count). The molecule has 17 heavy (non-hydrogen) atoms. The summed E-state index contributed by atoms with van der Waals surface area (Å²) in [5.74, 6) is 0. The lowest BCUT2D eigenvalue weighted by Crippen LogP contribution is -2.53. The second kappa shape index (κ2) is 6.66. The summed E-state index contributed by atoms with van der Waals surface area (Å²) in [5, 5.41) is 0. The first-order valence-corrected chi connectivity index (χ1v) is 6.65. The van der Waals surface area contributed by atoms with Gasteiger partial charge in [-0.2, -0.15) is 0 Å². The molecule has 2 aliphatic rings. The van der Waals surface area contributed by atoms with Gasteiger partial charge in [0.15, 0.2) is 0 Å². The third kappa shape index (κ3) is 3.89. The largest absolute Gasteiger partial charge is 0.379 e. The van der Waals surface area contributed by atoms with E-state index in [-0.39, 0.29) is 6.10 Å². The maximum atomic E-state index is 5.67. The molecule has 100 valence electrons. The van der Waals surface area contributed by atoms with E-state index < -0.39 is 0 Å². The summed E-state index contributed by atoms with van der Waals surface area (Å²) in [7, 11) is 0. The lowest BCUT2D eigenvalue weighted by molar-refractivity contribution is -0.0580. The molecule has 2 unspecified atom stereocenters. The van der Waals surface area contributed by atoms with Crippen molar-refractivity contribution in [1.29, 1.82) is 0 Å². The Morgan fingerprint density at radius 1 is 1.24 bits per heavy atom. The summed E-state index contributed by atoms with van der Waals surface area (Å²) in [5.41, 5.74) is 5.67. The van der Waals surface area contributed by atoms with Crippen LogP contribution in [0.1, 0.15) is 6.92 Å². The van der Waals surface area contributed by atoms with Crippen molar-refractivity contribution < 1.29 is 9.47 Å². The maximum absolute atomic E-state index is 5.67. The van der Waals surface area contributed by atoms with Crippen molar-refractivity contribution in [2.75, 3.05) is 59.1 Å². The number of nitrogens with two attached hydrogens (primary N) is 1. The van der Waals surface area contributed by atoms with Gasteiger partial charge in [0.05, 0.1) is 25.9 Å². The monoisotopic (exact) mass is 243 g/mol. The molecule has 0 spiro atoms. The summed E-state index contributed by atoms with van der Waals surface area (Å²) < 4.78 is 11.0. The molecule has 0 aromatic carbocycles. The smallest absolute Gasteiger partial charge is 0.0824 e. The Hall–Kier alpha value is -0.200. The molecule has 2 fully saturated rings. The van der Waals surface area contributed by atoms with Crippen molar-refractivity contribution in [2.24, 2.45) is 5.73 Å². The molecule has 2 atom stereocenters. The van der Waals surface area contributed by atoms with E-state index in [4.69, 9.17) is 15.2 Å². The first-order valence-electron chi connectivity index (χ1n) is 6.65. The van der Waals surface area contributed by atoms with E-state index in [9.17, 15) is 0 Å². The molecule has 0 aliphatic carbocycles. The van der Waals surface area contributed by atoms with Crippen LogP contribution in [0.2, 0.25) is 0 Å². The standard InChI is InChI=1S/C12H25N3O2/c1-11-10-17-12(8-13)9-15(11)3-2-14-4-6-16-7-5-14/h11-12H,2-10,13H2,1H3. The third-order valence-corrected chi connectivity index (χ3v) is 3.70. The molecule has 0 aromatic heterocycles. The number of ether oxygens (including phenoxy) is 2. The van der Waals surface area contributed by atoms with Gasteiger partial charge >= 0.3 is 0 Å². The summed E-state index contributed by atoms with van der Waals surface area (Å²) >= 11 is 0. The molecule has 2 heterocycles. The van der Waals surface area contributed by atoms with Crippen LogP contribution in [0.3, 0.4) is 0 Å². The zero-order valence-electron chi connectivity index (χ0n) is 10.8. The summed E-state index contributed by atoms with van der Waals surface area (Å²) in [6.07, 6.45) is 0.218. The molecule has 0 bridgehead atoms. The highest BCUT2D eigenvalue weighted by molar-refractivity contribution is 4.79. The second-order valence-corrected chi connectivity index (χ2v) is 4.99. The quantitative estimate of drug-likeness (QED) is 0.712. The van der Waals surface area contributed by atoms with E-state index in [0.29, 0.717) is 12.6 Å². The Balaban J connectivity index is 1.72. The van der Waals surface area contributed by atoms with E-state index in [0.717, 1.165) is 52.5 Å². The fourth-order valence-electron chi connectivity index (χ4n) is 2.42. The predicted molar refractivity (Wildman–Crippen MR) is 67.1 cm³/mol. The van der Waals surface area contributed by atoms with Crippen LogP contribution in [0.15, 0.2) is 0 Å². The molecule has 2 aliphatic heterocycles. The highest BCUT2D eigenvalue weighted by Gasteiger charge is 2.25. The van der Waals surface area contributed by atoms with Crippen molar-refractivity contribution in [3.63, 3.8) is 0 Å². The van der Waals surface area contributed by atoms with E-state index in [1.54, 1.807) is 0 Å². The minimum Gasteiger partial charge on any atom is -0.379 e. The van der Waals surface area contributed by atoms with Crippen LogP contribution >= 0.6 is 0 Å². The van der Waals surface area contributed by atoms with Crippen molar-refractivity contribution in [1.82, 2.24) is 9.80 Å². The van der Waals surface area contributed by atoms with E-state index in [2.05, 4.69) is 16.7 Å². The zero-order chi connectivity index (χ0) is 12.1. The SMILES string of the molecule is CC1COC(CN)CN1CCN1CCOCC1. The third-order valence-electron chi connectivity index (χ3n) is 3.70. The van der Waals surface area contributed by atoms with E-state index in [1.165, 1.54) is 0 Å².